The average Bonchev–Trinajstić information content (AvgIpc) is 3.85. The van der Waals surface area contributed by atoms with Gasteiger partial charge in [-0.05, 0) is 42.0 Å². The number of ether oxygens (including phenoxy) is 2. The molecular formula is C35H31ClF3N7O5. The number of benzene rings is 2. The van der Waals surface area contributed by atoms with E-state index in [1.807, 2.05) is 12.1 Å². The molecule has 0 unspecified atom stereocenters. The zero-order chi connectivity index (χ0) is 36.0. The molecule has 0 bridgehead atoms. The molecule has 0 radical (unpaired) electrons. The standard InChI is InChI=1S/C35H31ClF3N7O5/c1-49-33-25(17-45-11-10-19(48)16-45)42-30(35(37,38)39)34(44-33)50-26-9-8-21-20(4-2-5-22(21)26)23-6-3-7-24(27(23)36)32-43-28-29(51-32)18(14-40)15-46(12-13-47)31(28)41/h2-7,15,19,26,41,47-48H,8-13,16-17H2,1H3/t19-,26+/m1/s1. The molecule has 2 aromatic carbocycles. The molecule has 12 nitrogen and oxygen atoms in total. The summed E-state index contributed by atoms with van der Waals surface area (Å²) in [7, 11) is 1.31. The van der Waals surface area contributed by atoms with E-state index in [0.29, 0.717) is 49.0 Å². The van der Waals surface area contributed by atoms with Gasteiger partial charge in [-0.3, -0.25) is 10.3 Å². The van der Waals surface area contributed by atoms with Gasteiger partial charge < -0.3 is 28.7 Å². The van der Waals surface area contributed by atoms with Crippen molar-refractivity contribution in [2.45, 2.75) is 50.7 Å². The second kappa shape index (κ2) is 13.6. The van der Waals surface area contributed by atoms with E-state index < -0.39 is 30.0 Å². The second-order valence-electron chi connectivity index (χ2n) is 12.3. The highest BCUT2D eigenvalue weighted by atomic mass is 35.5. The Bertz CT molecular complexity index is 2250. The van der Waals surface area contributed by atoms with Crippen LogP contribution in [0.25, 0.3) is 33.7 Å². The Morgan fingerprint density at radius 2 is 1.86 bits per heavy atom. The maximum atomic E-state index is 14.4. The fourth-order valence-electron chi connectivity index (χ4n) is 6.73. The summed E-state index contributed by atoms with van der Waals surface area (Å²) in [6.07, 6.45) is -3.41. The van der Waals surface area contributed by atoms with Crippen molar-refractivity contribution in [1.82, 2.24) is 24.4 Å². The summed E-state index contributed by atoms with van der Waals surface area (Å²) in [6, 6.07) is 12.7. The van der Waals surface area contributed by atoms with E-state index in [-0.39, 0.29) is 64.3 Å². The third kappa shape index (κ3) is 6.40. The van der Waals surface area contributed by atoms with Crippen molar-refractivity contribution in [2.24, 2.45) is 0 Å². The number of fused-ring (bicyclic) bond motifs is 2. The first-order valence-electron chi connectivity index (χ1n) is 16.1. The minimum atomic E-state index is -4.86. The first kappa shape index (κ1) is 34.4. The Kier molecular flexibility index (Phi) is 9.19. The smallest absolute Gasteiger partial charge is 0.438 e. The number of pyridine rings is 1. The third-order valence-electron chi connectivity index (χ3n) is 9.10. The Morgan fingerprint density at radius 3 is 2.57 bits per heavy atom. The molecule has 5 aromatic rings. The van der Waals surface area contributed by atoms with Crippen LogP contribution in [0.2, 0.25) is 5.02 Å². The van der Waals surface area contributed by atoms with E-state index in [1.165, 1.54) is 17.9 Å². The van der Waals surface area contributed by atoms with Crippen molar-refractivity contribution in [2.75, 3.05) is 26.8 Å². The van der Waals surface area contributed by atoms with Crippen LogP contribution in [-0.2, 0) is 25.7 Å². The molecule has 0 spiro atoms. The van der Waals surface area contributed by atoms with Crippen LogP contribution in [0.1, 0.15) is 47.0 Å². The minimum Gasteiger partial charge on any atom is -0.480 e. The summed E-state index contributed by atoms with van der Waals surface area (Å²) in [4.78, 5) is 14.4. The van der Waals surface area contributed by atoms with Gasteiger partial charge >= 0.3 is 6.18 Å². The number of alkyl halides is 3. The summed E-state index contributed by atoms with van der Waals surface area (Å²) in [5, 5.41) is 37.8. The third-order valence-corrected chi connectivity index (χ3v) is 9.51. The molecule has 16 heteroatoms. The lowest BCUT2D eigenvalue weighted by atomic mass is 9.95. The minimum absolute atomic E-state index is 0.000927. The fourth-order valence-corrected chi connectivity index (χ4v) is 7.04. The normalized spacial score (nSPS) is 17.5. The van der Waals surface area contributed by atoms with E-state index in [9.17, 15) is 28.6 Å². The summed E-state index contributed by atoms with van der Waals surface area (Å²) in [6.45, 7) is 0.713. The summed E-state index contributed by atoms with van der Waals surface area (Å²) < 4.78 is 61.8. The maximum Gasteiger partial charge on any atom is 0.438 e. The number of halogens is 4. The highest BCUT2D eigenvalue weighted by Gasteiger charge is 2.41. The number of aliphatic hydroxyl groups is 2. The van der Waals surface area contributed by atoms with Crippen LogP contribution in [0.4, 0.5) is 13.2 Å². The van der Waals surface area contributed by atoms with Gasteiger partial charge in [0.25, 0.3) is 0 Å². The summed E-state index contributed by atoms with van der Waals surface area (Å²) in [5.74, 6) is -0.680. The van der Waals surface area contributed by atoms with Crippen LogP contribution in [0.15, 0.2) is 47.0 Å². The highest BCUT2D eigenvalue weighted by Crippen LogP contribution is 2.45. The number of rotatable bonds is 9. The van der Waals surface area contributed by atoms with Crippen LogP contribution in [-0.4, -0.2) is 67.5 Å². The lowest BCUT2D eigenvalue weighted by Gasteiger charge is -2.21. The van der Waals surface area contributed by atoms with Crippen molar-refractivity contribution < 1.29 is 37.3 Å². The lowest BCUT2D eigenvalue weighted by Crippen LogP contribution is -2.24. The summed E-state index contributed by atoms with van der Waals surface area (Å²) in [5.41, 5.74) is 2.38. The second-order valence-corrected chi connectivity index (χ2v) is 12.7. The number of nitriles is 1. The predicted octanol–water partition coefficient (Wildman–Crippen LogP) is 5.41. The number of methoxy groups -OCH3 is 1. The number of nitrogens with one attached hydrogen (secondary N) is 1. The first-order chi connectivity index (χ1) is 24.5. The van der Waals surface area contributed by atoms with Gasteiger partial charge in [0.05, 0.1) is 30.4 Å². The number of aliphatic hydroxyl groups excluding tert-OH is 2. The summed E-state index contributed by atoms with van der Waals surface area (Å²) >= 11 is 7.00. The average molecular weight is 722 g/mol. The molecule has 2 atom stereocenters. The number of hydrogen-bond donors (Lipinski definition) is 3. The van der Waals surface area contributed by atoms with E-state index in [0.717, 1.165) is 11.1 Å². The molecular weight excluding hydrogens is 691 g/mol. The van der Waals surface area contributed by atoms with E-state index in [1.54, 1.807) is 35.2 Å². The van der Waals surface area contributed by atoms with E-state index in [4.69, 9.17) is 30.9 Å². The number of aromatic nitrogens is 4. The zero-order valence-electron chi connectivity index (χ0n) is 27.2. The van der Waals surface area contributed by atoms with Gasteiger partial charge in [0.15, 0.2) is 16.6 Å². The number of nitrogens with zero attached hydrogens (tertiary/aromatic N) is 6. The Labute approximate surface area is 293 Å². The molecule has 0 saturated carbocycles. The molecule has 1 fully saturated rings. The van der Waals surface area contributed by atoms with Gasteiger partial charge in [0.2, 0.25) is 23.3 Å². The van der Waals surface area contributed by atoms with Gasteiger partial charge in [-0.15, -0.1) is 0 Å². The number of likely N-dealkylation sites (tertiary alicyclic amines) is 1. The van der Waals surface area contributed by atoms with Crippen LogP contribution in [0.5, 0.6) is 11.8 Å². The monoisotopic (exact) mass is 721 g/mol. The maximum absolute atomic E-state index is 14.4. The SMILES string of the molecule is COc1nc(O[C@H]2CCc3c(-c4cccc(-c5nc6c(=N)n(CCO)cc(C#N)c6o5)c4Cl)cccc32)c(C(F)(F)F)nc1CN1CC[C@@H](O)C1. The quantitative estimate of drug-likeness (QED) is 0.179. The van der Waals surface area contributed by atoms with Crippen molar-refractivity contribution in [3.8, 4) is 40.4 Å². The van der Waals surface area contributed by atoms with Crippen molar-refractivity contribution in [1.29, 1.82) is 10.7 Å². The van der Waals surface area contributed by atoms with Crippen molar-refractivity contribution >= 4 is 22.7 Å². The topological polar surface area (TPSA) is 167 Å². The molecule has 1 aliphatic carbocycles. The van der Waals surface area contributed by atoms with Gasteiger partial charge in [-0.1, -0.05) is 41.9 Å². The Balaban J connectivity index is 1.23. The van der Waals surface area contributed by atoms with E-state index in [2.05, 4.69) is 15.0 Å². The predicted molar refractivity (Wildman–Crippen MR) is 177 cm³/mol. The molecule has 264 valence electrons. The number of β-amino-alcohol motifs (C(OH)–C–C–N with tert-alkyl or cyclic N) is 1. The molecule has 51 heavy (non-hydrogen) atoms. The lowest BCUT2D eigenvalue weighted by molar-refractivity contribution is -0.143. The molecule has 3 aromatic heterocycles. The van der Waals surface area contributed by atoms with Crippen molar-refractivity contribution in [3.05, 3.63) is 81.2 Å². The Morgan fingerprint density at radius 1 is 1.10 bits per heavy atom. The number of oxazole rings is 1. The van der Waals surface area contributed by atoms with E-state index >= 15 is 0 Å². The van der Waals surface area contributed by atoms with Crippen molar-refractivity contribution in [3.63, 3.8) is 0 Å². The molecule has 4 heterocycles. The van der Waals surface area contributed by atoms with Crippen LogP contribution >= 0.6 is 11.6 Å². The van der Waals surface area contributed by atoms with Gasteiger partial charge in [0, 0.05) is 37.9 Å². The van der Waals surface area contributed by atoms with Crippen LogP contribution in [0, 0.1) is 16.7 Å². The molecule has 7 rings (SSSR count). The molecule has 1 aliphatic heterocycles. The molecule has 3 N–H and O–H groups in total. The molecule has 0 amide bonds. The van der Waals surface area contributed by atoms with Gasteiger partial charge in [-0.2, -0.15) is 23.4 Å². The largest absolute Gasteiger partial charge is 0.480 e. The highest BCUT2D eigenvalue weighted by molar-refractivity contribution is 6.36. The fraction of sp³-hybridized carbons (Fsp3) is 0.343. The van der Waals surface area contributed by atoms with Crippen LogP contribution in [0.3, 0.4) is 0 Å². The molecule has 1 saturated heterocycles. The van der Waals surface area contributed by atoms with Gasteiger partial charge in [0.1, 0.15) is 23.4 Å². The first-order valence-corrected chi connectivity index (χ1v) is 16.5. The van der Waals surface area contributed by atoms with Gasteiger partial charge in [-0.25, -0.2) is 9.97 Å². The Hall–Kier alpha value is -5.01. The zero-order valence-corrected chi connectivity index (χ0v) is 27.9. The van der Waals surface area contributed by atoms with Crippen LogP contribution < -0.4 is 15.0 Å². The molecule has 2 aliphatic rings. The number of hydrogen-bond acceptors (Lipinski definition) is 11.